The Balaban J connectivity index is 1.65. The molecule has 28 heavy (non-hydrogen) atoms. The molecule has 5 nitrogen and oxygen atoms in total. The summed E-state index contributed by atoms with van der Waals surface area (Å²) >= 11 is 1.42. The Labute approximate surface area is 169 Å². The van der Waals surface area contributed by atoms with E-state index in [1.165, 1.54) is 24.2 Å². The van der Waals surface area contributed by atoms with Crippen LogP contribution in [0, 0.1) is 6.92 Å². The summed E-state index contributed by atoms with van der Waals surface area (Å²) in [6.07, 6.45) is 3.65. The Hall–Kier alpha value is -2.86. The fraction of sp³-hybridized carbons (Fsp3) is 0.227. The zero-order valence-electron chi connectivity index (χ0n) is 16.2. The second-order valence-electron chi connectivity index (χ2n) is 6.67. The molecule has 1 amide bonds. The molecule has 0 aliphatic heterocycles. The molecular formula is C22H23N3O2S. The van der Waals surface area contributed by atoms with Crippen molar-refractivity contribution in [1.29, 1.82) is 0 Å². The molecule has 0 radical (unpaired) electrons. The van der Waals surface area contributed by atoms with Crippen LogP contribution < -0.4 is 5.32 Å². The van der Waals surface area contributed by atoms with E-state index in [0.29, 0.717) is 11.3 Å². The lowest BCUT2D eigenvalue weighted by molar-refractivity contribution is -0.119. The highest BCUT2D eigenvalue weighted by Crippen LogP contribution is 2.22. The summed E-state index contributed by atoms with van der Waals surface area (Å²) in [4.78, 5) is 28.1. The Morgan fingerprint density at radius 2 is 1.93 bits per heavy atom. The zero-order chi connectivity index (χ0) is 20.1. The minimum atomic E-state index is -0.0853. The molecule has 0 saturated heterocycles. The van der Waals surface area contributed by atoms with Crippen LogP contribution in [0.2, 0.25) is 0 Å². The third-order valence-electron chi connectivity index (χ3n) is 4.37. The van der Waals surface area contributed by atoms with E-state index in [0.717, 1.165) is 16.4 Å². The first-order chi connectivity index (χ1) is 13.4. The highest BCUT2D eigenvalue weighted by Gasteiger charge is 2.12. The predicted molar refractivity (Wildman–Crippen MR) is 112 cm³/mol. The standard InChI is InChI=1S/C22H23N3O2S/c1-15-5-4-6-20(13-15)25-12-11-23-22(25)28-14-21(27)19-9-7-18(8-10-19)16(2)24-17(3)26/h4-13,16H,14H2,1-3H3,(H,24,26)/t16-/m1/s1. The molecule has 1 atom stereocenters. The van der Waals surface area contributed by atoms with Gasteiger partial charge in [-0.05, 0) is 37.1 Å². The van der Waals surface area contributed by atoms with Gasteiger partial charge >= 0.3 is 0 Å². The number of thioether (sulfide) groups is 1. The van der Waals surface area contributed by atoms with Crippen molar-refractivity contribution in [2.24, 2.45) is 0 Å². The van der Waals surface area contributed by atoms with Crippen LogP contribution in [0.4, 0.5) is 0 Å². The largest absolute Gasteiger partial charge is 0.350 e. The number of hydrogen-bond donors (Lipinski definition) is 1. The average molecular weight is 394 g/mol. The van der Waals surface area contributed by atoms with E-state index in [-0.39, 0.29) is 17.7 Å². The van der Waals surface area contributed by atoms with Gasteiger partial charge in [0.15, 0.2) is 10.9 Å². The number of benzene rings is 2. The van der Waals surface area contributed by atoms with Crippen LogP contribution >= 0.6 is 11.8 Å². The highest BCUT2D eigenvalue weighted by atomic mass is 32.2. The average Bonchev–Trinajstić information content (AvgIpc) is 3.14. The fourth-order valence-corrected chi connectivity index (χ4v) is 3.80. The summed E-state index contributed by atoms with van der Waals surface area (Å²) in [6.45, 7) is 5.46. The monoisotopic (exact) mass is 393 g/mol. The van der Waals surface area contributed by atoms with E-state index in [2.05, 4.69) is 16.4 Å². The van der Waals surface area contributed by atoms with E-state index in [9.17, 15) is 9.59 Å². The second-order valence-corrected chi connectivity index (χ2v) is 7.62. The first kappa shape index (κ1) is 19.9. The second kappa shape index (κ2) is 8.89. The molecule has 0 saturated carbocycles. The lowest BCUT2D eigenvalue weighted by atomic mass is 10.0. The maximum Gasteiger partial charge on any atom is 0.217 e. The van der Waals surface area contributed by atoms with Crippen molar-refractivity contribution < 1.29 is 9.59 Å². The zero-order valence-corrected chi connectivity index (χ0v) is 17.0. The number of carbonyl (C=O) groups excluding carboxylic acids is 2. The molecule has 3 rings (SSSR count). The first-order valence-electron chi connectivity index (χ1n) is 9.07. The van der Waals surface area contributed by atoms with Gasteiger partial charge in [-0.3, -0.25) is 14.2 Å². The van der Waals surface area contributed by atoms with Crippen LogP contribution in [0.15, 0.2) is 66.1 Å². The van der Waals surface area contributed by atoms with Gasteiger partial charge in [-0.1, -0.05) is 48.2 Å². The SMILES string of the molecule is CC(=O)N[C@H](C)c1ccc(C(=O)CSc2nccn2-c2cccc(C)c2)cc1. The third kappa shape index (κ3) is 4.89. The summed E-state index contributed by atoms with van der Waals surface area (Å²) in [5.41, 5.74) is 3.82. The van der Waals surface area contributed by atoms with Gasteiger partial charge in [0.2, 0.25) is 5.91 Å². The Kier molecular flexibility index (Phi) is 6.31. The number of nitrogens with one attached hydrogen (secondary N) is 1. The Morgan fingerprint density at radius 1 is 1.18 bits per heavy atom. The van der Waals surface area contributed by atoms with Gasteiger partial charge in [0.05, 0.1) is 11.8 Å². The minimum Gasteiger partial charge on any atom is -0.350 e. The molecule has 1 heterocycles. The van der Waals surface area contributed by atoms with Crippen LogP contribution in [0.25, 0.3) is 5.69 Å². The number of imidazole rings is 1. The molecule has 2 aromatic carbocycles. The van der Waals surface area contributed by atoms with Crippen LogP contribution in [-0.2, 0) is 4.79 Å². The molecule has 1 N–H and O–H groups in total. The quantitative estimate of drug-likeness (QED) is 0.479. The van der Waals surface area contributed by atoms with E-state index in [1.54, 1.807) is 6.20 Å². The summed E-state index contributed by atoms with van der Waals surface area (Å²) in [7, 11) is 0. The number of amides is 1. The van der Waals surface area contributed by atoms with Crippen molar-refractivity contribution >= 4 is 23.5 Å². The molecule has 1 aromatic heterocycles. The molecule has 0 spiro atoms. The lowest BCUT2D eigenvalue weighted by Gasteiger charge is -2.13. The van der Waals surface area contributed by atoms with Crippen molar-refractivity contribution in [3.63, 3.8) is 0 Å². The molecule has 3 aromatic rings. The first-order valence-corrected chi connectivity index (χ1v) is 10.1. The maximum absolute atomic E-state index is 12.6. The maximum atomic E-state index is 12.6. The number of nitrogens with zero attached hydrogens (tertiary/aromatic N) is 2. The molecule has 0 aliphatic rings. The smallest absolute Gasteiger partial charge is 0.217 e. The van der Waals surface area contributed by atoms with Crippen molar-refractivity contribution in [3.8, 4) is 5.69 Å². The van der Waals surface area contributed by atoms with E-state index in [4.69, 9.17) is 0 Å². The fourth-order valence-electron chi connectivity index (χ4n) is 2.93. The summed E-state index contributed by atoms with van der Waals surface area (Å²) in [6, 6.07) is 15.5. The van der Waals surface area contributed by atoms with E-state index in [1.807, 2.05) is 67.1 Å². The van der Waals surface area contributed by atoms with Gasteiger partial charge in [0.1, 0.15) is 0 Å². The molecule has 144 valence electrons. The van der Waals surface area contributed by atoms with Crippen LogP contribution in [-0.4, -0.2) is 27.0 Å². The van der Waals surface area contributed by atoms with Crippen molar-refractivity contribution in [2.75, 3.05) is 5.75 Å². The molecule has 0 aliphatic carbocycles. The van der Waals surface area contributed by atoms with Gasteiger partial charge in [-0.25, -0.2) is 4.98 Å². The number of rotatable bonds is 7. The van der Waals surface area contributed by atoms with Gasteiger partial charge in [0.25, 0.3) is 0 Å². The number of Topliss-reactive ketones (excluding diaryl/α,β-unsaturated/α-hetero) is 1. The molecular weight excluding hydrogens is 370 g/mol. The van der Waals surface area contributed by atoms with E-state index < -0.39 is 0 Å². The Morgan fingerprint density at radius 3 is 2.61 bits per heavy atom. The topological polar surface area (TPSA) is 64.0 Å². The van der Waals surface area contributed by atoms with Gasteiger partial charge in [0, 0.05) is 30.6 Å². The van der Waals surface area contributed by atoms with Crippen LogP contribution in [0.5, 0.6) is 0 Å². The van der Waals surface area contributed by atoms with Gasteiger partial charge < -0.3 is 5.32 Å². The van der Waals surface area contributed by atoms with Crippen molar-refractivity contribution in [1.82, 2.24) is 14.9 Å². The lowest BCUT2D eigenvalue weighted by Crippen LogP contribution is -2.23. The molecule has 0 unspecified atom stereocenters. The predicted octanol–water partition coefficient (Wildman–Crippen LogP) is 4.35. The van der Waals surface area contributed by atoms with Crippen molar-refractivity contribution in [3.05, 3.63) is 77.6 Å². The number of carbonyl (C=O) groups is 2. The minimum absolute atomic E-state index is 0.0440. The molecule has 6 heteroatoms. The van der Waals surface area contributed by atoms with Crippen molar-refractivity contribution in [2.45, 2.75) is 32.0 Å². The Bertz CT molecular complexity index is 979. The number of hydrogen-bond acceptors (Lipinski definition) is 4. The third-order valence-corrected chi connectivity index (χ3v) is 5.34. The number of aromatic nitrogens is 2. The summed E-state index contributed by atoms with van der Waals surface area (Å²) in [5.74, 6) is 0.277. The normalized spacial score (nSPS) is 11.8. The molecule has 0 bridgehead atoms. The number of ketones is 1. The summed E-state index contributed by atoms with van der Waals surface area (Å²) < 4.78 is 1.99. The van der Waals surface area contributed by atoms with E-state index >= 15 is 0 Å². The molecule has 0 fully saturated rings. The van der Waals surface area contributed by atoms with Crippen LogP contribution in [0.1, 0.15) is 41.4 Å². The van der Waals surface area contributed by atoms with Gasteiger partial charge in [-0.15, -0.1) is 0 Å². The van der Waals surface area contributed by atoms with Gasteiger partial charge in [-0.2, -0.15) is 0 Å². The summed E-state index contributed by atoms with van der Waals surface area (Å²) in [5, 5.41) is 3.63. The number of aryl methyl sites for hydroxylation is 1. The van der Waals surface area contributed by atoms with Crippen LogP contribution in [0.3, 0.4) is 0 Å². The highest BCUT2D eigenvalue weighted by molar-refractivity contribution is 7.99.